The highest BCUT2D eigenvalue weighted by Gasteiger charge is 2.42. The van der Waals surface area contributed by atoms with Crippen LogP contribution in [0.3, 0.4) is 0 Å². The molecule has 0 spiro atoms. The fourth-order valence-electron chi connectivity index (χ4n) is 4.60. The Hall–Kier alpha value is -2.67. The van der Waals surface area contributed by atoms with Crippen molar-refractivity contribution in [3.8, 4) is 0 Å². The summed E-state index contributed by atoms with van der Waals surface area (Å²) < 4.78 is 30.4. The SMILES string of the molecule is C=C[C@H]1CN(S(=O)(=O)c2ccc(C)cc2)[C@@H](c2ccccc2)c2[nH]c3ccc(Br)cc3c21. The summed E-state index contributed by atoms with van der Waals surface area (Å²) in [6, 6.07) is 22.5. The van der Waals surface area contributed by atoms with Crippen LogP contribution in [0.15, 0.2) is 94.8 Å². The van der Waals surface area contributed by atoms with Crippen LogP contribution < -0.4 is 0 Å². The van der Waals surface area contributed by atoms with Crippen molar-refractivity contribution < 1.29 is 8.42 Å². The third-order valence-corrected chi connectivity index (χ3v) is 8.51. The lowest BCUT2D eigenvalue weighted by Crippen LogP contribution is -2.42. The fourth-order valence-corrected chi connectivity index (χ4v) is 6.57. The average molecular weight is 507 g/mol. The second kappa shape index (κ2) is 8.03. The smallest absolute Gasteiger partial charge is 0.244 e. The van der Waals surface area contributed by atoms with E-state index < -0.39 is 16.1 Å². The number of aromatic amines is 1. The Morgan fingerprint density at radius 3 is 2.47 bits per heavy atom. The number of benzene rings is 3. The molecule has 0 unspecified atom stereocenters. The second-order valence-corrected chi connectivity index (χ2v) is 11.0. The van der Waals surface area contributed by atoms with Crippen LogP contribution in [-0.4, -0.2) is 24.3 Å². The number of aromatic nitrogens is 1. The highest BCUT2D eigenvalue weighted by Crippen LogP contribution is 2.46. The molecule has 1 N–H and O–H groups in total. The van der Waals surface area contributed by atoms with Gasteiger partial charge < -0.3 is 4.98 Å². The van der Waals surface area contributed by atoms with Gasteiger partial charge in [-0.3, -0.25) is 0 Å². The normalized spacial score (nSPS) is 19.1. The molecule has 0 amide bonds. The van der Waals surface area contributed by atoms with E-state index in [4.69, 9.17) is 0 Å². The first-order valence-corrected chi connectivity index (χ1v) is 12.7. The molecule has 4 aromatic rings. The molecule has 3 aromatic carbocycles. The quantitative estimate of drug-likeness (QED) is 0.330. The number of halogens is 1. The molecule has 1 aliphatic rings. The zero-order valence-corrected chi connectivity index (χ0v) is 20.0. The van der Waals surface area contributed by atoms with Crippen molar-refractivity contribution in [1.29, 1.82) is 0 Å². The molecule has 0 saturated carbocycles. The monoisotopic (exact) mass is 506 g/mol. The van der Waals surface area contributed by atoms with Gasteiger partial charge in [-0.05, 0) is 48.4 Å². The highest BCUT2D eigenvalue weighted by molar-refractivity contribution is 9.10. The molecule has 0 bridgehead atoms. The van der Waals surface area contributed by atoms with Gasteiger partial charge in [0.1, 0.15) is 0 Å². The lowest BCUT2D eigenvalue weighted by molar-refractivity contribution is 0.327. The molecule has 0 radical (unpaired) electrons. The van der Waals surface area contributed by atoms with Gasteiger partial charge in [-0.2, -0.15) is 4.31 Å². The predicted molar refractivity (Wildman–Crippen MR) is 132 cm³/mol. The van der Waals surface area contributed by atoms with E-state index in [1.807, 2.05) is 67.6 Å². The van der Waals surface area contributed by atoms with Crippen LogP contribution in [0.2, 0.25) is 0 Å². The summed E-state index contributed by atoms with van der Waals surface area (Å²) in [5.74, 6) is -0.131. The maximum atomic E-state index is 13.9. The average Bonchev–Trinajstić information content (AvgIpc) is 3.17. The van der Waals surface area contributed by atoms with Gasteiger partial charge in [-0.25, -0.2) is 8.42 Å². The van der Waals surface area contributed by atoms with Crippen molar-refractivity contribution in [1.82, 2.24) is 9.29 Å². The third kappa shape index (κ3) is 3.43. The topological polar surface area (TPSA) is 53.2 Å². The Kier molecular flexibility index (Phi) is 5.32. The highest BCUT2D eigenvalue weighted by atomic mass is 79.9. The molecule has 1 aliphatic heterocycles. The second-order valence-electron chi connectivity index (χ2n) is 8.19. The van der Waals surface area contributed by atoms with Crippen LogP contribution in [0.5, 0.6) is 0 Å². The summed E-state index contributed by atoms with van der Waals surface area (Å²) in [7, 11) is -3.75. The van der Waals surface area contributed by atoms with Crippen LogP contribution in [0, 0.1) is 6.92 Å². The molecule has 162 valence electrons. The molecular formula is C26H23BrN2O2S. The number of hydrogen-bond donors (Lipinski definition) is 1. The summed E-state index contributed by atoms with van der Waals surface area (Å²) in [4.78, 5) is 3.84. The Labute approximate surface area is 196 Å². The van der Waals surface area contributed by atoms with Gasteiger partial charge in [0.2, 0.25) is 10.0 Å². The van der Waals surface area contributed by atoms with Crippen molar-refractivity contribution >= 4 is 36.9 Å². The van der Waals surface area contributed by atoms with Crippen molar-refractivity contribution in [2.75, 3.05) is 6.54 Å². The maximum absolute atomic E-state index is 13.9. The molecule has 0 fully saturated rings. The van der Waals surface area contributed by atoms with E-state index in [1.54, 1.807) is 16.4 Å². The summed E-state index contributed by atoms with van der Waals surface area (Å²) in [6.07, 6.45) is 1.85. The molecule has 2 heterocycles. The van der Waals surface area contributed by atoms with Gasteiger partial charge >= 0.3 is 0 Å². The van der Waals surface area contributed by atoms with E-state index in [0.29, 0.717) is 11.4 Å². The summed E-state index contributed by atoms with van der Waals surface area (Å²) in [6.45, 7) is 6.32. The van der Waals surface area contributed by atoms with Crippen molar-refractivity contribution in [3.05, 3.63) is 112 Å². The minimum Gasteiger partial charge on any atom is -0.357 e. The number of aryl methyl sites for hydroxylation is 1. The van der Waals surface area contributed by atoms with E-state index in [1.165, 1.54) is 0 Å². The molecule has 4 nitrogen and oxygen atoms in total. The van der Waals surface area contributed by atoms with Crippen molar-refractivity contribution in [2.45, 2.75) is 23.8 Å². The number of nitrogens with one attached hydrogen (secondary N) is 1. The zero-order valence-electron chi connectivity index (χ0n) is 17.6. The zero-order chi connectivity index (χ0) is 22.5. The first kappa shape index (κ1) is 21.2. The van der Waals surface area contributed by atoms with Crippen molar-refractivity contribution in [2.24, 2.45) is 0 Å². The molecule has 1 aromatic heterocycles. The van der Waals surface area contributed by atoms with E-state index in [2.05, 4.69) is 33.6 Å². The standard InChI is InChI=1S/C26H23BrN2O2S/c1-3-18-16-29(32(30,31)21-12-9-17(2)10-13-21)26(19-7-5-4-6-8-19)25-24(18)22-15-20(27)11-14-23(22)28-25/h3-15,18,26,28H,1,16H2,2H3/t18-,26-/m0/s1. The van der Waals surface area contributed by atoms with Crippen LogP contribution in [-0.2, 0) is 10.0 Å². The molecular weight excluding hydrogens is 484 g/mol. The lowest BCUT2D eigenvalue weighted by Gasteiger charge is -2.38. The largest absolute Gasteiger partial charge is 0.357 e. The molecule has 5 rings (SSSR count). The third-order valence-electron chi connectivity index (χ3n) is 6.17. The van der Waals surface area contributed by atoms with Gasteiger partial charge in [0.15, 0.2) is 0 Å². The summed E-state index contributed by atoms with van der Waals surface area (Å²) >= 11 is 3.58. The number of H-pyrrole nitrogens is 1. The van der Waals surface area contributed by atoms with E-state index in [0.717, 1.165) is 37.8 Å². The first-order chi connectivity index (χ1) is 15.4. The minimum absolute atomic E-state index is 0.131. The van der Waals surface area contributed by atoms with Crippen LogP contribution in [0.1, 0.15) is 34.3 Å². The number of hydrogen-bond acceptors (Lipinski definition) is 2. The van der Waals surface area contributed by atoms with E-state index in [9.17, 15) is 8.42 Å². The number of sulfonamides is 1. The Bertz CT molecular complexity index is 1410. The Morgan fingerprint density at radius 1 is 1.06 bits per heavy atom. The molecule has 0 saturated heterocycles. The minimum atomic E-state index is -3.75. The van der Waals surface area contributed by atoms with Crippen LogP contribution in [0.4, 0.5) is 0 Å². The molecule has 2 atom stereocenters. The van der Waals surface area contributed by atoms with Crippen LogP contribution >= 0.6 is 15.9 Å². The molecule has 0 aliphatic carbocycles. The van der Waals surface area contributed by atoms with Gasteiger partial charge in [0.05, 0.1) is 10.9 Å². The first-order valence-electron chi connectivity index (χ1n) is 10.5. The van der Waals surface area contributed by atoms with E-state index >= 15 is 0 Å². The lowest BCUT2D eigenvalue weighted by atomic mass is 9.87. The molecule has 32 heavy (non-hydrogen) atoms. The number of nitrogens with zero attached hydrogens (tertiary/aromatic N) is 1. The van der Waals surface area contributed by atoms with Gasteiger partial charge in [0.25, 0.3) is 0 Å². The maximum Gasteiger partial charge on any atom is 0.244 e. The van der Waals surface area contributed by atoms with Crippen molar-refractivity contribution in [3.63, 3.8) is 0 Å². The molecule has 6 heteroatoms. The van der Waals surface area contributed by atoms with Crippen LogP contribution in [0.25, 0.3) is 10.9 Å². The van der Waals surface area contributed by atoms with Gasteiger partial charge in [-0.1, -0.05) is 70.0 Å². The Balaban J connectivity index is 1.77. The number of fused-ring (bicyclic) bond motifs is 3. The van der Waals surface area contributed by atoms with E-state index in [-0.39, 0.29) is 5.92 Å². The predicted octanol–water partition coefficient (Wildman–Crippen LogP) is 6.30. The van der Waals surface area contributed by atoms with Gasteiger partial charge in [-0.15, -0.1) is 6.58 Å². The fraction of sp³-hybridized carbons (Fsp3) is 0.154. The summed E-state index contributed by atoms with van der Waals surface area (Å²) in [5.41, 5.74) is 4.95. The Morgan fingerprint density at radius 2 is 1.78 bits per heavy atom. The number of rotatable bonds is 4. The summed E-state index contributed by atoms with van der Waals surface area (Å²) in [5, 5.41) is 1.09. The van der Waals surface area contributed by atoms with Gasteiger partial charge in [0, 0.05) is 33.5 Å².